The molecule has 0 saturated carbocycles. The third-order valence-electron chi connectivity index (χ3n) is 3.01. The Hall–Kier alpha value is -0.610. The fraction of sp³-hybridized carbons (Fsp3) is 0.538. The van der Waals surface area contributed by atoms with Gasteiger partial charge in [0, 0.05) is 17.1 Å². The normalized spacial score (nSPS) is 23.4. The maximum absolute atomic E-state index is 13.7. The van der Waals surface area contributed by atoms with Gasteiger partial charge < -0.3 is 10.1 Å². The van der Waals surface area contributed by atoms with Crippen molar-refractivity contribution in [3.05, 3.63) is 28.5 Å². The summed E-state index contributed by atoms with van der Waals surface area (Å²) >= 11 is 3.37. The quantitative estimate of drug-likeness (QED) is 0.893. The van der Waals surface area contributed by atoms with Crippen LogP contribution >= 0.6 is 15.9 Å². The summed E-state index contributed by atoms with van der Waals surface area (Å²) < 4.78 is 20.1. The van der Waals surface area contributed by atoms with E-state index in [2.05, 4.69) is 35.1 Å². The van der Waals surface area contributed by atoms with E-state index < -0.39 is 0 Å². The molecule has 0 aliphatic carbocycles. The van der Waals surface area contributed by atoms with Crippen LogP contribution in [0.5, 0.6) is 0 Å². The van der Waals surface area contributed by atoms with E-state index >= 15 is 0 Å². The minimum absolute atomic E-state index is 0.131. The monoisotopic (exact) mass is 301 g/mol. The van der Waals surface area contributed by atoms with Gasteiger partial charge in [-0.25, -0.2) is 4.39 Å². The smallest absolute Gasteiger partial charge is 0.147 e. The highest BCUT2D eigenvalue weighted by atomic mass is 79.9. The summed E-state index contributed by atoms with van der Waals surface area (Å²) in [7, 11) is 0. The molecule has 17 heavy (non-hydrogen) atoms. The Labute approximate surface area is 110 Å². The van der Waals surface area contributed by atoms with Gasteiger partial charge in [0.1, 0.15) is 5.82 Å². The molecule has 1 aliphatic rings. The van der Waals surface area contributed by atoms with E-state index in [-0.39, 0.29) is 17.5 Å². The molecule has 4 heteroatoms. The van der Waals surface area contributed by atoms with Crippen LogP contribution in [0, 0.1) is 5.82 Å². The second-order valence-electron chi connectivity index (χ2n) is 5.04. The first-order valence-electron chi connectivity index (χ1n) is 5.82. The number of hydrogen-bond donors (Lipinski definition) is 1. The molecular formula is C13H17BrFNO. The van der Waals surface area contributed by atoms with E-state index in [0.717, 1.165) is 23.9 Å². The van der Waals surface area contributed by atoms with E-state index in [1.165, 1.54) is 6.07 Å². The van der Waals surface area contributed by atoms with Crippen LogP contribution in [0.15, 0.2) is 22.7 Å². The van der Waals surface area contributed by atoms with E-state index in [0.29, 0.717) is 5.69 Å². The average Bonchev–Trinajstić information content (AvgIpc) is 2.22. The first kappa shape index (κ1) is 12.8. The van der Waals surface area contributed by atoms with Crippen molar-refractivity contribution >= 4 is 21.6 Å². The molecule has 0 bridgehead atoms. The van der Waals surface area contributed by atoms with E-state index in [4.69, 9.17) is 4.74 Å². The molecule has 0 amide bonds. The Morgan fingerprint density at radius 3 is 2.88 bits per heavy atom. The second-order valence-corrected chi connectivity index (χ2v) is 5.89. The highest BCUT2D eigenvalue weighted by molar-refractivity contribution is 9.10. The second kappa shape index (κ2) is 4.94. The maximum Gasteiger partial charge on any atom is 0.147 e. The van der Waals surface area contributed by atoms with Crippen molar-refractivity contribution in [3.8, 4) is 0 Å². The van der Waals surface area contributed by atoms with Gasteiger partial charge in [0.15, 0.2) is 0 Å². The molecule has 0 radical (unpaired) electrons. The summed E-state index contributed by atoms with van der Waals surface area (Å²) in [5, 5.41) is 3.27. The Bertz CT molecular complexity index is 388. The summed E-state index contributed by atoms with van der Waals surface area (Å²) in [6, 6.07) is 5.26. The minimum Gasteiger partial charge on any atom is -0.379 e. The standard InChI is InChI=1S/C13H17BrFNO/c1-13(2)8-9(6-7-17-13)16-12-10(14)4-3-5-11(12)15/h3-5,9,16H,6-8H2,1-2H3. The molecule has 1 N–H and O–H groups in total. The van der Waals surface area contributed by atoms with Crippen LogP contribution in [0.2, 0.25) is 0 Å². The third-order valence-corrected chi connectivity index (χ3v) is 3.67. The zero-order valence-corrected chi connectivity index (χ0v) is 11.7. The number of hydrogen-bond acceptors (Lipinski definition) is 2. The van der Waals surface area contributed by atoms with E-state index in [1.807, 2.05) is 6.07 Å². The molecule has 1 aromatic carbocycles. The number of para-hydroxylation sites is 1. The van der Waals surface area contributed by atoms with Crippen molar-refractivity contribution in [3.63, 3.8) is 0 Å². The fourth-order valence-electron chi connectivity index (χ4n) is 2.19. The molecule has 1 aliphatic heterocycles. The van der Waals surface area contributed by atoms with Crippen molar-refractivity contribution in [2.75, 3.05) is 11.9 Å². The number of nitrogens with one attached hydrogen (secondary N) is 1. The first-order chi connectivity index (χ1) is 7.98. The lowest BCUT2D eigenvalue weighted by atomic mass is 9.94. The molecular weight excluding hydrogens is 285 g/mol. The highest BCUT2D eigenvalue weighted by Crippen LogP contribution is 2.30. The topological polar surface area (TPSA) is 21.3 Å². The summed E-state index contributed by atoms with van der Waals surface area (Å²) in [6.45, 7) is 4.85. The van der Waals surface area contributed by atoms with Crippen LogP contribution in [0.4, 0.5) is 10.1 Å². The van der Waals surface area contributed by atoms with E-state index in [9.17, 15) is 4.39 Å². The SMILES string of the molecule is CC1(C)CC(Nc2c(F)cccc2Br)CCO1. The first-order valence-corrected chi connectivity index (χ1v) is 6.62. The van der Waals surface area contributed by atoms with Crippen molar-refractivity contribution in [2.24, 2.45) is 0 Å². The van der Waals surface area contributed by atoms with Crippen LogP contribution in [0.1, 0.15) is 26.7 Å². The fourth-order valence-corrected chi connectivity index (χ4v) is 2.65. The summed E-state index contributed by atoms with van der Waals surface area (Å²) in [4.78, 5) is 0. The molecule has 1 saturated heterocycles. The Kier molecular flexibility index (Phi) is 3.73. The molecule has 0 spiro atoms. The highest BCUT2D eigenvalue weighted by Gasteiger charge is 2.29. The Morgan fingerprint density at radius 2 is 2.24 bits per heavy atom. The largest absolute Gasteiger partial charge is 0.379 e. The van der Waals surface area contributed by atoms with Gasteiger partial charge in [-0.3, -0.25) is 0 Å². The van der Waals surface area contributed by atoms with Gasteiger partial charge in [-0.05, 0) is 54.8 Å². The number of anilines is 1. The average molecular weight is 302 g/mol. The van der Waals surface area contributed by atoms with Crippen molar-refractivity contribution < 1.29 is 9.13 Å². The van der Waals surface area contributed by atoms with Crippen LogP contribution in [-0.4, -0.2) is 18.2 Å². The molecule has 1 aromatic rings. The lowest BCUT2D eigenvalue weighted by Gasteiger charge is -2.36. The van der Waals surface area contributed by atoms with Gasteiger partial charge in [-0.15, -0.1) is 0 Å². The maximum atomic E-state index is 13.7. The van der Waals surface area contributed by atoms with Gasteiger partial charge in [0.05, 0.1) is 11.3 Å². The number of ether oxygens (including phenoxy) is 1. The molecule has 2 nitrogen and oxygen atoms in total. The molecule has 2 rings (SSSR count). The molecule has 1 fully saturated rings. The van der Waals surface area contributed by atoms with Gasteiger partial charge in [0.25, 0.3) is 0 Å². The van der Waals surface area contributed by atoms with Gasteiger partial charge in [-0.1, -0.05) is 6.07 Å². The predicted octanol–water partition coefficient (Wildman–Crippen LogP) is 3.96. The summed E-state index contributed by atoms with van der Waals surface area (Å²) in [5.41, 5.74) is 0.420. The summed E-state index contributed by atoms with van der Waals surface area (Å²) in [6.07, 6.45) is 1.79. The number of benzene rings is 1. The lowest BCUT2D eigenvalue weighted by molar-refractivity contribution is -0.0553. The minimum atomic E-state index is -0.219. The van der Waals surface area contributed by atoms with Crippen molar-refractivity contribution in [2.45, 2.75) is 38.3 Å². The summed E-state index contributed by atoms with van der Waals surface area (Å²) in [5.74, 6) is -0.219. The van der Waals surface area contributed by atoms with Crippen LogP contribution in [-0.2, 0) is 4.74 Å². The third kappa shape index (κ3) is 3.19. The number of rotatable bonds is 2. The molecule has 1 heterocycles. The Morgan fingerprint density at radius 1 is 1.47 bits per heavy atom. The lowest BCUT2D eigenvalue weighted by Crippen LogP contribution is -2.40. The zero-order chi connectivity index (χ0) is 12.5. The van der Waals surface area contributed by atoms with Gasteiger partial charge >= 0.3 is 0 Å². The molecule has 94 valence electrons. The number of halogens is 2. The molecule has 1 unspecified atom stereocenters. The van der Waals surface area contributed by atoms with Crippen molar-refractivity contribution in [1.29, 1.82) is 0 Å². The molecule has 1 atom stereocenters. The van der Waals surface area contributed by atoms with Crippen LogP contribution < -0.4 is 5.32 Å². The Balaban J connectivity index is 2.10. The van der Waals surface area contributed by atoms with Crippen LogP contribution in [0.3, 0.4) is 0 Å². The predicted molar refractivity (Wildman–Crippen MR) is 70.8 cm³/mol. The zero-order valence-electron chi connectivity index (χ0n) is 10.1. The van der Waals surface area contributed by atoms with Gasteiger partial charge in [0.2, 0.25) is 0 Å². The van der Waals surface area contributed by atoms with Crippen LogP contribution in [0.25, 0.3) is 0 Å². The molecule has 0 aromatic heterocycles. The van der Waals surface area contributed by atoms with E-state index in [1.54, 1.807) is 6.07 Å². The van der Waals surface area contributed by atoms with Crippen molar-refractivity contribution in [1.82, 2.24) is 0 Å². The van der Waals surface area contributed by atoms with Gasteiger partial charge in [-0.2, -0.15) is 0 Å².